The number of nitrogens with zero attached hydrogens (tertiary/aromatic N) is 2. The highest BCUT2D eigenvalue weighted by molar-refractivity contribution is 9.10. The second-order valence-electron chi connectivity index (χ2n) is 4.07. The van der Waals surface area contributed by atoms with Crippen LogP contribution in [-0.4, -0.2) is 15.8 Å². The first-order valence-electron chi connectivity index (χ1n) is 5.32. The van der Waals surface area contributed by atoms with Gasteiger partial charge in [-0.05, 0) is 40.8 Å². The zero-order valence-electron chi connectivity index (χ0n) is 8.91. The van der Waals surface area contributed by atoms with Gasteiger partial charge >= 0.3 is 0 Å². The van der Waals surface area contributed by atoms with E-state index in [-0.39, 0.29) is 6.04 Å². The van der Waals surface area contributed by atoms with Gasteiger partial charge in [-0.2, -0.15) is 5.10 Å². The van der Waals surface area contributed by atoms with Gasteiger partial charge in [-0.1, -0.05) is 12.5 Å². The lowest BCUT2D eigenvalue weighted by Crippen LogP contribution is -2.16. The molecule has 1 aromatic heterocycles. The molecule has 1 aromatic rings. The molecule has 0 aromatic carbocycles. The van der Waals surface area contributed by atoms with Crippen molar-refractivity contribution in [1.82, 2.24) is 9.78 Å². The number of hydrogen-bond acceptors (Lipinski definition) is 2. The van der Waals surface area contributed by atoms with E-state index in [4.69, 9.17) is 5.73 Å². The first kappa shape index (κ1) is 10.9. The Hall–Kier alpha value is -0.610. The number of rotatable bonds is 1. The Balaban J connectivity index is 2.36. The first-order valence-corrected chi connectivity index (χ1v) is 6.12. The molecule has 15 heavy (non-hydrogen) atoms. The van der Waals surface area contributed by atoms with Gasteiger partial charge in [0.2, 0.25) is 0 Å². The third-order valence-corrected chi connectivity index (χ3v) is 3.43. The SMILES string of the molecule is Cn1ncc(Br)c1C1=CC(N)CCCC1. The Morgan fingerprint density at radius 3 is 3.00 bits per heavy atom. The molecule has 0 aliphatic heterocycles. The Bertz CT molecular complexity index is 362. The molecule has 1 heterocycles. The van der Waals surface area contributed by atoms with Crippen molar-refractivity contribution in [2.24, 2.45) is 12.8 Å². The minimum absolute atomic E-state index is 0.198. The summed E-state index contributed by atoms with van der Waals surface area (Å²) >= 11 is 3.53. The van der Waals surface area contributed by atoms with Crippen LogP contribution in [0, 0.1) is 0 Å². The molecule has 1 unspecified atom stereocenters. The number of halogens is 1. The normalized spacial score (nSPS) is 22.3. The number of aryl methyl sites for hydroxylation is 1. The lowest BCUT2D eigenvalue weighted by atomic mass is 10.1. The molecule has 0 fully saturated rings. The van der Waals surface area contributed by atoms with Crippen molar-refractivity contribution in [1.29, 1.82) is 0 Å². The van der Waals surface area contributed by atoms with Gasteiger partial charge in [-0.3, -0.25) is 4.68 Å². The van der Waals surface area contributed by atoms with Gasteiger partial charge in [0.1, 0.15) is 0 Å². The molecule has 0 radical (unpaired) electrons. The summed E-state index contributed by atoms with van der Waals surface area (Å²) in [7, 11) is 1.97. The van der Waals surface area contributed by atoms with Crippen molar-refractivity contribution in [3.63, 3.8) is 0 Å². The quantitative estimate of drug-likeness (QED) is 0.851. The molecule has 0 amide bonds. The van der Waals surface area contributed by atoms with Gasteiger partial charge in [0, 0.05) is 13.1 Å². The molecule has 0 bridgehead atoms. The number of hydrogen-bond donors (Lipinski definition) is 1. The smallest absolute Gasteiger partial charge is 0.0778 e. The molecule has 3 nitrogen and oxygen atoms in total. The average Bonchev–Trinajstić information content (AvgIpc) is 2.40. The van der Waals surface area contributed by atoms with Crippen LogP contribution in [0.25, 0.3) is 5.57 Å². The maximum absolute atomic E-state index is 6.01. The molecular weight excluding hydrogens is 254 g/mol. The third kappa shape index (κ3) is 2.32. The van der Waals surface area contributed by atoms with E-state index in [9.17, 15) is 0 Å². The molecule has 2 N–H and O–H groups in total. The lowest BCUT2D eigenvalue weighted by Gasteiger charge is -2.08. The molecule has 0 saturated heterocycles. The van der Waals surface area contributed by atoms with Crippen molar-refractivity contribution in [3.05, 3.63) is 22.4 Å². The van der Waals surface area contributed by atoms with Gasteiger partial charge in [-0.15, -0.1) is 0 Å². The summed E-state index contributed by atoms with van der Waals surface area (Å²) in [4.78, 5) is 0. The minimum Gasteiger partial charge on any atom is -0.324 e. The van der Waals surface area contributed by atoms with Crippen molar-refractivity contribution in [2.45, 2.75) is 31.7 Å². The summed E-state index contributed by atoms with van der Waals surface area (Å²) in [5.41, 5.74) is 8.51. The minimum atomic E-state index is 0.198. The Morgan fingerprint density at radius 1 is 1.53 bits per heavy atom. The fraction of sp³-hybridized carbons (Fsp3) is 0.545. The van der Waals surface area contributed by atoms with E-state index in [0.29, 0.717) is 0 Å². The largest absolute Gasteiger partial charge is 0.324 e. The Kier molecular flexibility index (Phi) is 3.26. The van der Waals surface area contributed by atoms with Gasteiger partial charge in [-0.25, -0.2) is 0 Å². The molecule has 1 aliphatic carbocycles. The monoisotopic (exact) mass is 269 g/mol. The number of aromatic nitrogens is 2. The average molecular weight is 270 g/mol. The van der Waals surface area contributed by atoms with Crippen LogP contribution in [0.15, 0.2) is 16.7 Å². The number of nitrogens with two attached hydrogens (primary N) is 1. The molecule has 1 atom stereocenters. The second kappa shape index (κ2) is 4.49. The molecular formula is C11H16BrN3. The first-order chi connectivity index (χ1) is 7.18. The third-order valence-electron chi connectivity index (χ3n) is 2.85. The van der Waals surface area contributed by atoms with Crippen LogP contribution in [-0.2, 0) is 7.05 Å². The maximum Gasteiger partial charge on any atom is 0.0778 e. The van der Waals surface area contributed by atoms with E-state index in [2.05, 4.69) is 27.1 Å². The fourth-order valence-corrected chi connectivity index (χ4v) is 2.69. The zero-order valence-corrected chi connectivity index (χ0v) is 10.5. The molecule has 0 spiro atoms. The molecule has 2 rings (SSSR count). The van der Waals surface area contributed by atoms with Gasteiger partial charge in [0.15, 0.2) is 0 Å². The summed E-state index contributed by atoms with van der Waals surface area (Å²) in [6.07, 6.45) is 8.67. The Morgan fingerprint density at radius 2 is 2.33 bits per heavy atom. The van der Waals surface area contributed by atoms with Crippen molar-refractivity contribution in [2.75, 3.05) is 0 Å². The topological polar surface area (TPSA) is 43.8 Å². The Labute approximate surface area is 98.5 Å². The highest BCUT2D eigenvalue weighted by Crippen LogP contribution is 2.30. The van der Waals surface area contributed by atoms with E-state index in [1.165, 1.54) is 24.1 Å². The van der Waals surface area contributed by atoms with Gasteiger partial charge in [0.05, 0.1) is 16.4 Å². The molecule has 0 saturated carbocycles. The summed E-state index contributed by atoms with van der Waals surface area (Å²) in [5.74, 6) is 0. The van der Waals surface area contributed by atoms with Crippen LogP contribution in [0.2, 0.25) is 0 Å². The lowest BCUT2D eigenvalue weighted by molar-refractivity contribution is 0.657. The summed E-state index contributed by atoms with van der Waals surface area (Å²) in [6, 6.07) is 0.198. The maximum atomic E-state index is 6.01. The highest BCUT2D eigenvalue weighted by atomic mass is 79.9. The van der Waals surface area contributed by atoms with Crippen LogP contribution in [0.4, 0.5) is 0 Å². The van der Waals surface area contributed by atoms with E-state index in [1.54, 1.807) is 0 Å². The highest BCUT2D eigenvalue weighted by Gasteiger charge is 2.15. The predicted octanol–water partition coefficient (Wildman–Crippen LogP) is 2.47. The summed E-state index contributed by atoms with van der Waals surface area (Å²) in [5, 5.41) is 4.24. The van der Waals surface area contributed by atoms with Crippen LogP contribution in [0.1, 0.15) is 31.4 Å². The van der Waals surface area contributed by atoms with Crippen LogP contribution in [0.5, 0.6) is 0 Å². The number of allylic oxidation sites excluding steroid dienone is 1. The molecule has 1 aliphatic rings. The zero-order chi connectivity index (χ0) is 10.8. The van der Waals surface area contributed by atoms with Gasteiger partial charge in [0.25, 0.3) is 0 Å². The molecule has 82 valence electrons. The second-order valence-corrected chi connectivity index (χ2v) is 4.92. The van der Waals surface area contributed by atoms with Crippen molar-refractivity contribution in [3.8, 4) is 0 Å². The van der Waals surface area contributed by atoms with E-state index in [0.717, 1.165) is 17.3 Å². The fourth-order valence-electron chi connectivity index (χ4n) is 2.09. The predicted molar refractivity (Wildman–Crippen MR) is 65.3 cm³/mol. The standard InChI is InChI=1S/C11H16BrN3/c1-15-11(10(12)7-14-15)8-4-2-3-5-9(13)6-8/h6-7,9H,2-5,13H2,1H3. The van der Waals surface area contributed by atoms with Crippen LogP contribution in [0.3, 0.4) is 0 Å². The van der Waals surface area contributed by atoms with E-state index in [1.807, 2.05) is 17.9 Å². The summed E-state index contributed by atoms with van der Waals surface area (Å²) < 4.78 is 2.97. The van der Waals surface area contributed by atoms with E-state index < -0.39 is 0 Å². The van der Waals surface area contributed by atoms with E-state index >= 15 is 0 Å². The molecule has 4 heteroatoms. The van der Waals surface area contributed by atoms with Crippen molar-refractivity contribution < 1.29 is 0 Å². The van der Waals surface area contributed by atoms with Gasteiger partial charge < -0.3 is 5.73 Å². The van der Waals surface area contributed by atoms with Crippen LogP contribution < -0.4 is 5.73 Å². The summed E-state index contributed by atoms with van der Waals surface area (Å²) in [6.45, 7) is 0. The van der Waals surface area contributed by atoms with Crippen LogP contribution >= 0.6 is 15.9 Å². The van der Waals surface area contributed by atoms with Crippen molar-refractivity contribution >= 4 is 21.5 Å².